The van der Waals surface area contributed by atoms with Gasteiger partial charge in [-0.3, -0.25) is 0 Å². The third kappa shape index (κ3) is 3.61. The van der Waals surface area contributed by atoms with E-state index in [1.165, 1.54) is 0 Å². The molecule has 0 unspecified atom stereocenters. The van der Waals surface area contributed by atoms with Gasteiger partial charge in [-0.25, -0.2) is 9.78 Å². The van der Waals surface area contributed by atoms with Crippen molar-refractivity contribution in [3.63, 3.8) is 0 Å². The molecule has 1 aliphatic carbocycles. The second kappa shape index (κ2) is 6.41. The molecule has 1 heterocycles. The third-order valence-electron chi connectivity index (χ3n) is 3.59. The van der Waals surface area contributed by atoms with Crippen LogP contribution in [0, 0.1) is 0 Å². The number of anilines is 1. The third-order valence-corrected chi connectivity index (χ3v) is 4.65. The minimum absolute atomic E-state index is 0.00188. The lowest BCUT2D eigenvalue weighted by Gasteiger charge is -2.27. The lowest BCUT2D eigenvalue weighted by atomic mass is 9.99. The molecule has 6 nitrogen and oxygen atoms in total. The second-order valence-electron chi connectivity index (χ2n) is 5.47. The van der Waals surface area contributed by atoms with Crippen LogP contribution in [0.5, 0.6) is 0 Å². The van der Waals surface area contributed by atoms with E-state index in [0.717, 1.165) is 36.5 Å². The van der Waals surface area contributed by atoms with E-state index in [0.29, 0.717) is 6.54 Å². The van der Waals surface area contributed by atoms with Gasteiger partial charge < -0.3 is 20.6 Å². The molecule has 0 bridgehead atoms. The maximum Gasteiger partial charge on any atom is 0.315 e. The number of amides is 2. The van der Waals surface area contributed by atoms with Crippen LogP contribution in [0.4, 0.5) is 9.93 Å². The Morgan fingerprint density at radius 2 is 2.20 bits per heavy atom. The molecule has 1 aromatic heterocycles. The molecular weight excluding hydrogens is 276 g/mol. The topological polar surface area (TPSA) is 77.5 Å². The highest BCUT2D eigenvalue weighted by atomic mass is 32.1. The Morgan fingerprint density at radius 3 is 2.75 bits per heavy atom. The number of aromatic nitrogens is 1. The van der Waals surface area contributed by atoms with Crippen molar-refractivity contribution in [2.24, 2.45) is 0 Å². The zero-order valence-electron chi connectivity index (χ0n) is 12.0. The number of carbonyl (C=O) groups is 1. The van der Waals surface area contributed by atoms with Crippen LogP contribution in [0.25, 0.3) is 0 Å². The van der Waals surface area contributed by atoms with Gasteiger partial charge in [0, 0.05) is 19.5 Å². The molecule has 7 heteroatoms. The fourth-order valence-electron chi connectivity index (χ4n) is 2.41. The molecule has 0 aromatic carbocycles. The largest absolute Gasteiger partial charge is 0.394 e. The smallest absolute Gasteiger partial charge is 0.315 e. The van der Waals surface area contributed by atoms with Crippen molar-refractivity contribution in [3.05, 3.63) is 11.1 Å². The van der Waals surface area contributed by atoms with Gasteiger partial charge >= 0.3 is 6.03 Å². The van der Waals surface area contributed by atoms with E-state index in [1.54, 1.807) is 11.3 Å². The molecule has 2 rings (SSSR count). The van der Waals surface area contributed by atoms with Gasteiger partial charge in [0.25, 0.3) is 0 Å². The zero-order chi connectivity index (χ0) is 14.6. The van der Waals surface area contributed by atoms with Crippen molar-refractivity contribution in [2.75, 3.05) is 25.6 Å². The first-order valence-electron chi connectivity index (χ1n) is 6.83. The average molecular weight is 298 g/mol. The minimum atomic E-state index is -0.430. The van der Waals surface area contributed by atoms with Crippen molar-refractivity contribution in [2.45, 2.75) is 37.8 Å². The maximum atomic E-state index is 11.9. The molecule has 0 radical (unpaired) electrons. The lowest BCUT2D eigenvalue weighted by Crippen LogP contribution is -2.52. The molecule has 1 aliphatic rings. The van der Waals surface area contributed by atoms with Crippen LogP contribution in [0.3, 0.4) is 0 Å². The Kier molecular flexibility index (Phi) is 4.82. The maximum absolute atomic E-state index is 11.9. The van der Waals surface area contributed by atoms with Gasteiger partial charge in [-0.1, -0.05) is 12.8 Å². The molecule has 1 aromatic rings. The van der Waals surface area contributed by atoms with E-state index in [2.05, 4.69) is 15.6 Å². The number of hydrogen-bond acceptors (Lipinski definition) is 5. The molecule has 20 heavy (non-hydrogen) atoms. The van der Waals surface area contributed by atoms with Crippen molar-refractivity contribution < 1.29 is 9.90 Å². The lowest BCUT2D eigenvalue weighted by molar-refractivity contribution is 0.162. The van der Waals surface area contributed by atoms with E-state index in [1.807, 2.05) is 24.4 Å². The zero-order valence-corrected chi connectivity index (χ0v) is 12.8. The molecule has 112 valence electrons. The number of nitrogens with one attached hydrogen (secondary N) is 2. The number of aliphatic hydroxyl groups is 1. The second-order valence-corrected chi connectivity index (χ2v) is 6.31. The van der Waals surface area contributed by atoms with Crippen LogP contribution in [0.2, 0.25) is 0 Å². The number of aliphatic hydroxyl groups excluding tert-OH is 1. The predicted molar refractivity (Wildman–Crippen MR) is 80.1 cm³/mol. The highest BCUT2D eigenvalue weighted by Crippen LogP contribution is 2.28. The summed E-state index contributed by atoms with van der Waals surface area (Å²) in [6.45, 7) is 0.402. The highest BCUT2D eigenvalue weighted by molar-refractivity contribution is 7.13. The van der Waals surface area contributed by atoms with Crippen LogP contribution < -0.4 is 15.5 Å². The molecule has 0 saturated heterocycles. The molecule has 0 atom stereocenters. The van der Waals surface area contributed by atoms with Crippen LogP contribution in [-0.4, -0.2) is 42.4 Å². The summed E-state index contributed by atoms with van der Waals surface area (Å²) < 4.78 is 0. The van der Waals surface area contributed by atoms with Gasteiger partial charge in [-0.05, 0) is 12.8 Å². The van der Waals surface area contributed by atoms with Gasteiger partial charge in [0.05, 0.1) is 24.4 Å². The van der Waals surface area contributed by atoms with E-state index in [4.69, 9.17) is 0 Å². The Bertz CT molecular complexity index is 455. The number of urea groups is 1. The van der Waals surface area contributed by atoms with Gasteiger partial charge in [0.15, 0.2) is 5.13 Å². The Labute approximate surface area is 123 Å². The molecule has 1 saturated carbocycles. The van der Waals surface area contributed by atoms with Crippen molar-refractivity contribution in [1.29, 1.82) is 0 Å². The molecule has 2 amide bonds. The van der Waals surface area contributed by atoms with Crippen LogP contribution in [0.15, 0.2) is 5.38 Å². The van der Waals surface area contributed by atoms with E-state index >= 15 is 0 Å². The fourth-order valence-corrected chi connectivity index (χ4v) is 3.17. The average Bonchev–Trinajstić information content (AvgIpc) is 3.06. The Morgan fingerprint density at radius 1 is 1.50 bits per heavy atom. The molecule has 0 aliphatic heterocycles. The van der Waals surface area contributed by atoms with Gasteiger partial charge in [-0.15, -0.1) is 11.3 Å². The fraction of sp³-hybridized carbons (Fsp3) is 0.692. The van der Waals surface area contributed by atoms with Crippen molar-refractivity contribution in [3.8, 4) is 0 Å². The Balaban J connectivity index is 1.82. The minimum Gasteiger partial charge on any atom is -0.394 e. The molecule has 3 N–H and O–H groups in total. The van der Waals surface area contributed by atoms with Gasteiger partial charge in [0.1, 0.15) is 0 Å². The van der Waals surface area contributed by atoms with E-state index in [9.17, 15) is 9.90 Å². The summed E-state index contributed by atoms with van der Waals surface area (Å²) in [6.07, 6.45) is 3.80. The summed E-state index contributed by atoms with van der Waals surface area (Å²) in [4.78, 5) is 18.3. The molecular formula is C13H22N4O2S. The van der Waals surface area contributed by atoms with Gasteiger partial charge in [-0.2, -0.15) is 0 Å². The van der Waals surface area contributed by atoms with Gasteiger partial charge in [0.2, 0.25) is 0 Å². The number of nitrogens with zero attached hydrogens (tertiary/aromatic N) is 2. The number of rotatable bonds is 5. The highest BCUT2D eigenvalue weighted by Gasteiger charge is 2.34. The van der Waals surface area contributed by atoms with E-state index in [-0.39, 0.29) is 12.6 Å². The first-order chi connectivity index (χ1) is 9.54. The predicted octanol–water partition coefficient (Wildman–Crippen LogP) is 1.31. The van der Waals surface area contributed by atoms with Crippen molar-refractivity contribution >= 4 is 22.5 Å². The van der Waals surface area contributed by atoms with Crippen molar-refractivity contribution in [1.82, 2.24) is 15.6 Å². The molecule has 1 fully saturated rings. The summed E-state index contributed by atoms with van der Waals surface area (Å²) in [5, 5.41) is 18.0. The molecule has 0 spiro atoms. The summed E-state index contributed by atoms with van der Waals surface area (Å²) in [7, 11) is 3.88. The Hall–Kier alpha value is -1.34. The normalized spacial score (nSPS) is 16.9. The van der Waals surface area contributed by atoms with Crippen LogP contribution in [-0.2, 0) is 6.54 Å². The summed E-state index contributed by atoms with van der Waals surface area (Å²) in [5.41, 5.74) is 0.416. The van der Waals surface area contributed by atoms with Crippen LogP contribution >= 0.6 is 11.3 Å². The first-order valence-corrected chi connectivity index (χ1v) is 7.71. The number of thiazole rings is 1. The monoisotopic (exact) mass is 298 g/mol. The van der Waals surface area contributed by atoms with E-state index < -0.39 is 5.54 Å². The summed E-state index contributed by atoms with van der Waals surface area (Å²) in [5.74, 6) is 0. The summed E-state index contributed by atoms with van der Waals surface area (Å²) >= 11 is 1.55. The SMILES string of the molecule is CN(C)c1nc(CNC(=O)NC2(CO)CCCC2)cs1. The first kappa shape index (κ1) is 15.1. The quantitative estimate of drug-likeness (QED) is 0.766. The standard InChI is InChI=1S/C13H22N4O2S/c1-17(2)12-15-10(8-20-12)7-14-11(19)16-13(9-18)5-3-4-6-13/h8,18H,3-7,9H2,1-2H3,(H2,14,16,19). The number of carbonyl (C=O) groups excluding carboxylic acids is 1. The van der Waals surface area contributed by atoms with Crippen LogP contribution in [0.1, 0.15) is 31.4 Å². The number of hydrogen-bond donors (Lipinski definition) is 3. The summed E-state index contributed by atoms with van der Waals surface area (Å²) in [6, 6.07) is -0.236.